The molecule has 0 aromatic heterocycles. The predicted octanol–water partition coefficient (Wildman–Crippen LogP) is 3.68. The van der Waals surface area contributed by atoms with Crippen LogP contribution >= 0.6 is 0 Å². The van der Waals surface area contributed by atoms with Crippen molar-refractivity contribution in [1.82, 2.24) is 4.72 Å². The van der Waals surface area contributed by atoms with Gasteiger partial charge >= 0.3 is 0 Å². The molecular formula is C20H25NO4S. The Bertz CT molecular complexity index is 898. The summed E-state index contributed by atoms with van der Waals surface area (Å²) in [6.45, 7) is 3.59. The Morgan fingerprint density at radius 1 is 1.00 bits per heavy atom. The number of benzene rings is 2. The lowest BCUT2D eigenvalue weighted by Crippen LogP contribution is -2.32. The number of fused-ring (bicyclic) bond motifs is 1. The van der Waals surface area contributed by atoms with Crippen molar-refractivity contribution in [3.05, 3.63) is 52.6 Å². The first-order chi connectivity index (χ1) is 12.4. The topological polar surface area (TPSA) is 64.6 Å². The Morgan fingerprint density at radius 3 is 2.27 bits per heavy atom. The van der Waals surface area contributed by atoms with Crippen molar-refractivity contribution in [2.24, 2.45) is 0 Å². The Hall–Kier alpha value is -2.05. The zero-order valence-electron chi connectivity index (χ0n) is 15.6. The molecule has 2 aromatic carbocycles. The van der Waals surface area contributed by atoms with Gasteiger partial charge in [0.05, 0.1) is 19.1 Å². The van der Waals surface area contributed by atoms with Crippen molar-refractivity contribution in [2.45, 2.75) is 44.0 Å². The molecule has 0 amide bonds. The van der Waals surface area contributed by atoms with Crippen LogP contribution in [0.25, 0.3) is 0 Å². The number of hydrogen-bond acceptors (Lipinski definition) is 4. The van der Waals surface area contributed by atoms with Crippen LogP contribution in [0.1, 0.15) is 41.1 Å². The van der Waals surface area contributed by atoms with Gasteiger partial charge in [-0.3, -0.25) is 0 Å². The molecule has 2 aromatic rings. The first kappa shape index (κ1) is 18.7. The Morgan fingerprint density at radius 2 is 1.65 bits per heavy atom. The second-order valence-corrected chi connectivity index (χ2v) is 8.37. The number of rotatable bonds is 5. The fourth-order valence-corrected chi connectivity index (χ4v) is 5.44. The van der Waals surface area contributed by atoms with Crippen molar-refractivity contribution < 1.29 is 17.9 Å². The molecular weight excluding hydrogens is 350 g/mol. The summed E-state index contributed by atoms with van der Waals surface area (Å²) < 4.78 is 39.6. The summed E-state index contributed by atoms with van der Waals surface area (Å²) in [5.41, 5.74) is 3.54. The minimum Gasteiger partial charge on any atom is -0.497 e. The van der Waals surface area contributed by atoms with E-state index in [9.17, 15) is 8.42 Å². The standard InChI is InChI=1S/C20H25NO4S/c1-13-10-17(25-4)11-14(2)20(13)26(22,23)21-19-7-5-6-15-12-16(24-3)8-9-18(15)19/h8-12,19,21H,5-7H2,1-4H3. The van der Waals surface area contributed by atoms with Gasteiger partial charge in [0.1, 0.15) is 11.5 Å². The van der Waals surface area contributed by atoms with Gasteiger partial charge in [0, 0.05) is 6.04 Å². The van der Waals surface area contributed by atoms with Gasteiger partial charge in [0.25, 0.3) is 0 Å². The molecule has 6 heteroatoms. The number of nitrogens with one attached hydrogen (secondary N) is 1. The SMILES string of the molecule is COc1cc(C)c(S(=O)(=O)NC2CCCc3cc(OC)ccc32)c(C)c1. The van der Waals surface area contributed by atoms with Gasteiger partial charge in [-0.2, -0.15) is 0 Å². The highest BCUT2D eigenvalue weighted by atomic mass is 32.2. The lowest BCUT2D eigenvalue weighted by atomic mass is 9.88. The second kappa shape index (κ2) is 7.29. The molecule has 1 atom stereocenters. The van der Waals surface area contributed by atoms with Crippen LogP contribution in [-0.2, 0) is 16.4 Å². The zero-order valence-corrected chi connectivity index (χ0v) is 16.4. The van der Waals surface area contributed by atoms with Crippen molar-refractivity contribution in [3.8, 4) is 11.5 Å². The average molecular weight is 375 g/mol. The van der Waals surface area contributed by atoms with Gasteiger partial charge in [-0.1, -0.05) is 6.07 Å². The van der Waals surface area contributed by atoms with Crippen LogP contribution in [0, 0.1) is 13.8 Å². The van der Waals surface area contributed by atoms with Crippen LogP contribution < -0.4 is 14.2 Å². The van der Waals surface area contributed by atoms with E-state index in [4.69, 9.17) is 9.47 Å². The number of ether oxygens (including phenoxy) is 2. The summed E-state index contributed by atoms with van der Waals surface area (Å²) in [6, 6.07) is 9.13. The van der Waals surface area contributed by atoms with Crippen LogP contribution in [0.5, 0.6) is 11.5 Å². The van der Waals surface area contributed by atoms with E-state index >= 15 is 0 Å². The fourth-order valence-electron chi connectivity index (χ4n) is 3.74. The molecule has 140 valence electrons. The van der Waals surface area contributed by atoms with E-state index in [2.05, 4.69) is 4.72 Å². The van der Waals surface area contributed by atoms with Crippen molar-refractivity contribution in [3.63, 3.8) is 0 Å². The molecule has 0 aliphatic heterocycles. The first-order valence-electron chi connectivity index (χ1n) is 8.70. The third-order valence-corrected chi connectivity index (χ3v) is 6.68. The van der Waals surface area contributed by atoms with E-state index in [1.165, 1.54) is 0 Å². The molecule has 26 heavy (non-hydrogen) atoms. The molecule has 1 unspecified atom stereocenters. The quantitative estimate of drug-likeness (QED) is 0.866. The molecule has 0 fully saturated rings. The van der Waals surface area contributed by atoms with E-state index < -0.39 is 10.0 Å². The van der Waals surface area contributed by atoms with E-state index in [0.29, 0.717) is 21.8 Å². The van der Waals surface area contributed by atoms with E-state index in [1.54, 1.807) is 40.2 Å². The largest absolute Gasteiger partial charge is 0.497 e. The van der Waals surface area contributed by atoms with E-state index in [0.717, 1.165) is 36.1 Å². The molecule has 0 spiro atoms. The van der Waals surface area contributed by atoms with Crippen molar-refractivity contribution in [1.29, 1.82) is 0 Å². The van der Waals surface area contributed by atoms with Gasteiger partial charge in [0.15, 0.2) is 0 Å². The van der Waals surface area contributed by atoms with Gasteiger partial charge in [0.2, 0.25) is 10.0 Å². The summed E-state index contributed by atoms with van der Waals surface area (Å²) in [4.78, 5) is 0.332. The molecule has 1 aliphatic carbocycles. The molecule has 0 saturated heterocycles. The molecule has 1 aliphatic rings. The number of sulfonamides is 1. The highest BCUT2D eigenvalue weighted by Crippen LogP contribution is 2.34. The molecule has 0 heterocycles. The molecule has 5 nitrogen and oxygen atoms in total. The maximum absolute atomic E-state index is 13.1. The Balaban J connectivity index is 1.95. The molecule has 0 radical (unpaired) electrons. The maximum Gasteiger partial charge on any atom is 0.241 e. The lowest BCUT2D eigenvalue weighted by Gasteiger charge is -2.27. The summed E-state index contributed by atoms with van der Waals surface area (Å²) in [7, 11) is -0.425. The number of aryl methyl sites for hydroxylation is 3. The number of methoxy groups -OCH3 is 2. The molecule has 1 N–H and O–H groups in total. The van der Waals surface area contributed by atoms with Gasteiger partial charge in [-0.25, -0.2) is 13.1 Å². The fraction of sp³-hybridized carbons (Fsp3) is 0.400. The summed E-state index contributed by atoms with van der Waals surface area (Å²) >= 11 is 0. The normalized spacial score (nSPS) is 16.8. The molecule has 3 rings (SSSR count). The first-order valence-corrected chi connectivity index (χ1v) is 10.2. The average Bonchev–Trinajstić information content (AvgIpc) is 2.60. The summed E-state index contributed by atoms with van der Waals surface area (Å²) in [5, 5.41) is 0. The summed E-state index contributed by atoms with van der Waals surface area (Å²) in [5.74, 6) is 1.46. The highest BCUT2D eigenvalue weighted by Gasteiger charge is 2.28. The molecule has 0 saturated carbocycles. The van der Waals surface area contributed by atoms with Gasteiger partial charge in [-0.15, -0.1) is 0 Å². The number of hydrogen-bond donors (Lipinski definition) is 1. The minimum absolute atomic E-state index is 0.226. The zero-order chi connectivity index (χ0) is 18.9. The van der Waals surface area contributed by atoms with E-state index in [1.807, 2.05) is 18.2 Å². The van der Waals surface area contributed by atoms with Crippen LogP contribution in [0.3, 0.4) is 0 Å². The lowest BCUT2D eigenvalue weighted by molar-refractivity contribution is 0.412. The van der Waals surface area contributed by atoms with Gasteiger partial charge in [-0.05, 0) is 79.6 Å². The van der Waals surface area contributed by atoms with E-state index in [-0.39, 0.29) is 6.04 Å². The van der Waals surface area contributed by atoms with Gasteiger partial charge < -0.3 is 9.47 Å². The minimum atomic E-state index is -3.64. The third-order valence-electron chi connectivity index (χ3n) is 4.90. The monoisotopic (exact) mass is 375 g/mol. The van der Waals surface area contributed by atoms with Crippen molar-refractivity contribution in [2.75, 3.05) is 14.2 Å². The van der Waals surface area contributed by atoms with Crippen LogP contribution in [0.2, 0.25) is 0 Å². The Labute approximate surface area is 155 Å². The van der Waals surface area contributed by atoms with Crippen molar-refractivity contribution >= 4 is 10.0 Å². The third kappa shape index (κ3) is 3.57. The molecule has 0 bridgehead atoms. The van der Waals surface area contributed by atoms with Crippen LogP contribution in [0.4, 0.5) is 0 Å². The second-order valence-electron chi connectivity index (χ2n) is 6.72. The maximum atomic E-state index is 13.1. The van der Waals surface area contributed by atoms with Crippen LogP contribution in [-0.4, -0.2) is 22.6 Å². The predicted molar refractivity (Wildman–Crippen MR) is 101 cm³/mol. The Kier molecular flexibility index (Phi) is 5.25. The smallest absolute Gasteiger partial charge is 0.241 e. The highest BCUT2D eigenvalue weighted by molar-refractivity contribution is 7.89. The summed E-state index contributed by atoms with van der Waals surface area (Å²) in [6.07, 6.45) is 2.66. The van der Waals surface area contributed by atoms with Crippen LogP contribution in [0.15, 0.2) is 35.2 Å².